The number of nitrogens with zero attached hydrogens (tertiary/aromatic N) is 1. The van der Waals surface area contributed by atoms with Gasteiger partial charge in [-0.15, -0.1) is 24.0 Å². The minimum Gasteiger partial charge on any atom is -0.497 e. The minimum atomic E-state index is -0.705. The Balaban J connectivity index is 0.00000288. The molecule has 0 fully saturated rings. The molecule has 4 N–H and O–H groups in total. The Morgan fingerprint density at radius 1 is 1.25 bits per heavy atom. The van der Waals surface area contributed by atoms with Crippen molar-refractivity contribution in [2.75, 3.05) is 19.0 Å². The van der Waals surface area contributed by atoms with Crippen LogP contribution in [0.3, 0.4) is 0 Å². The van der Waals surface area contributed by atoms with Crippen LogP contribution in [0.4, 0.5) is 5.69 Å². The zero-order valence-electron chi connectivity index (χ0n) is 13.9. The first kappa shape index (κ1) is 20.2. The number of aliphatic hydroxyl groups excluding tert-OH is 1. The number of ether oxygens (including phenoxy) is 1. The Morgan fingerprint density at radius 2 is 1.96 bits per heavy atom. The quantitative estimate of drug-likeness (QED) is 0.365. The molecular weight excluding hydrogens is 417 g/mol. The summed E-state index contributed by atoms with van der Waals surface area (Å²) in [6.07, 6.45) is 0.256. The highest BCUT2D eigenvalue weighted by atomic mass is 127. The number of anilines is 1. The molecule has 0 aliphatic carbocycles. The van der Waals surface area contributed by atoms with Gasteiger partial charge in [-0.3, -0.25) is 4.99 Å². The fraction of sp³-hybridized carbons (Fsp3) is 0.278. The van der Waals surface area contributed by atoms with Crippen molar-refractivity contribution in [2.45, 2.75) is 19.4 Å². The van der Waals surface area contributed by atoms with Gasteiger partial charge in [-0.05, 0) is 41.8 Å². The average molecular weight is 441 g/mol. The topological polar surface area (TPSA) is 79.9 Å². The summed E-state index contributed by atoms with van der Waals surface area (Å²) in [5, 5.41) is 13.2. The number of aliphatic hydroxyl groups is 1. The number of hydrogen-bond acceptors (Lipinski definition) is 3. The van der Waals surface area contributed by atoms with Gasteiger partial charge in [-0.25, -0.2) is 0 Å². The van der Waals surface area contributed by atoms with Gasteiger partial charge < -0.3 is 20.9 Å². The molecule has 0 heterocycles. The third kappa shape index (κ3) is 6.01. The van der Waals surface area contributed by atoms with Crippen molar-refractivity contribution in [3.8, 4) is 5.75 Å². The number of rotatable bonds is 6. The number of hydrogen-bond donors (Lipinski definition) is 3. The number of halogens is 1. The SMILES string of the molecule is CCc1cccc(NC(N)=NCC(O)c2ccc(OC)cc2)c1.I. The summed E-state index contributed by atoms with van der Waals surface area (Å²) in [6, 6.07) is 15.2. The van der Waals surface area contributed by atoms with Crippen molar-refractivity contribution >= 4 is 35.6 Å². The van der Waals surface area contributed by atoms with Crippen molar-refractivity contribution in [3.63, 3.8) is 0 Å². The lowest BCUT2D eigenvalue weighted by Crippen LogP contribution is -2.23. The molecule has 0 aliphatic rings. The third-order valence-corrected chi connectivity index (χ3v) is 3.54. The molecule has 6 heteroatoms. The highest BCUT2D eigenvalue weighted by molar-refractivity contribution is 14.0. The molecule has 0 bridgehead atoms. The van der Waals surface area contributed by atoms with E-state index in [1.165, 1.54) is 5.56 Å². The third-order valence-electron chi connectivity index (χ3n) is 3.54. The number of nitrogens with one attached hydrogen (secondary N) is 1. The second-order valence-electron chi connectivity index (χ2n) is 5.19. The van der Waals surface area contributed by atoms with Gasteiger partial charge in [0.15, 0.2) is 5.96 Å². The average Bonchev–Trinajstić information content (AvgIpc) is 2.60. The Hall–Kier alpha value is -1.80. The van der Waals surface area contributed by atoms with Crippen molar-refractivity contribution in [3.05, 3.63) is 59.7 Å². The predicted molar refractivity (Wildman–Crippen MR) is 109 cm³/mol. The van der Waals surface area contributed by atoms with Crippen LogP contribution in [0, 0.1) is 0 Å². The highest BCUT2D eigenvalue weighted by Crippen LogP contribution is 2.18. The van der Waals surface area contributed by atoms with Crippen molar-refractivity contribution in [1.29, 1.82) is 0 Å². The maximum Gasteiger partial charge on any atom is 0.193 e. The molecular formula is C18H24IN3O2. The summed E-state index contributed by atoms with van der Waals surface area (Å²) in [4.78, 5) is 4.20. The van der Waals surface area contributed by atoms with Crippen LogP contribution in [0.1, 0.15) is 24.2 Å². The van der Waals surface area contributed by atoms with E-state index >= 15 is 0 Å². The summed E-state index contributed by atoms with van der Waals surface area (Å²) < 4.78 is 5.09. The molecule has 2 aromatic carbocycles. The molecule has 0 aliphatic heterocycles. The molecule has 0 amide bonds. The van der Waals surface area contributed by atoms with Crippen LogP contribution in [-0.2, 0) is 6.42 Å². The zero-order chi connectivity index (χ0) is 16.7. The summed E-state index contributed by atoms with van der Waals surface area (Å²) in [5.74, 6) is 1.03. The lowest BCUT2D eigenvalue weighted by Gasteiger charge is -2.11. The fourth-order valence-electron chi connectivity index (χ4n) is 2.17. The number of methoxy groups -OCH3 is 1. The monoisotopic (exact) mass is 441 g/mol. The van der Waals surface area contributed by atoms with Crippen molar-refractivity contribution in [2.24, 2.45) is 10.7 Å². The minimum absolute atomic E-state index is 0. The fourth-order valence-corrected chi connectivity index (χ4v) is 2.17. The number of guanidine groups is 1. The maximum atomic E-state index is 10.2. The van der Waals surface area contributed by atoms with Gasteiger partial charge in [0.2, 0.25) is 0 Å². The molecule has 1 atom stereocenters. The van der Waals surface area contributed by atoms with E-state index in [1.807, 2.05) is 30.3 Å². The molecule has 0 aromatic heterocycles. The van der Waals surface area contributed by atoms with E-state index in [0.29, 0.717) is 0 Å². The highest BCUT2D eigenvalue weighted by Gasteiger charge is 2.07. The molecule has 0 radical (unpaired) electrons. The van der Waals surface area contributed by atoms with Gasteiger partial charge in [-0.2, -0.15) is 0 Å². The van der Waals surface area contributed by atoms with Crippen LogP contribution < -0.4 is 15.8 Å². The van der Waals surface area contributed by atoms with E-state index < -0.39 is 6.10 Å². The standard InChI is InChI=1S/C18H23N3O2.HI/c1-3-13-5-4-6-15(11-13)21-18(19)20-12-17(22)14-7-9-16(23-2)10-8-14;/h4-11,17,22H,3,12H2,1-2H3,(H3,19,20,21);1H. The second kappa shape index (κ2) is 10.1. The Labute approximate surface area is 160 Å². The molecule has 0 saturated heterocycles. The smallest absolute Gasteiger partial charge is 0.193 e. The lowest BCUT2D eigenvalue weighted by atomic mass is 10.1. The zero-order valence-corrected chi connectivity index (χ0v) is 16.2. The Morgan fingerprint density at radius 3 is 2.58 bits per heavy atom. The van der Waals surface area contributed by atoms with Gasteiger partial charge in [0.05, 0.1) is 19.8 Å². The van der Waals surface area contributed by atoms with Gasteiger partial charge >= 0.3 is 0 Å². The normalized spacial score (nSPS) is 12.2. The summed E-state index contributed by atoms with van der Waals surface area (Å²) in [5.41, 5.74) is 8.77. The molecule has 0 saturated carbocycles. The van der Waals surface area contributed by atoms with Crippen LogP contribution >= 0.6 is 24.0 Å². The summed E-state index contributed by atoms with van der Waals surface area (Å²) in [6.45, 7) is 2.29. The summed E-state index contributed by atoms with van der Waals surface area (Å²) in [7, 11) is 1.61. The molecule has 1 unspecified atom stereocenters. The van der Waals surface area contributed by atoms with E-state index in [9.17, 15) is 5.11 Å². The molecule has 0 spiro atoms. The first-order valence-electron chi connectivity index (χ1n) is 7.60. The van der Waals surface area contributed by atoms with Gasteiger partial charge in [0, 0.05) is 5.69 Å². The molecule has 130 valence electrons. The van der Waals surface area contributed by atoms with Gasteiger partial charge in [0.1, 0.15) is 5.75 Å². The van der Waals surface area contributed by atoms with Crippen LogP contribution in [0.2, 0.25) is 0 Å². The van der Waals surface area contributed by atoms with E-state index in [2.05, 4.69) is 23.3 Å². The maximum absolute atomic E-state index is 10.2. The largest absolute Gasteiger partial charge is 0.497 e. The van der Waals surface area contributed by atoms with Crippen LogP contribution in [0.15, 0.2) is 53.5 Å². The molecule has 2 aromatic rings. The van der Waals surface area contributed by atoms with E-state index in [1.54, 1.807) is 19.2 Å². The first-order chi connectivity index (χ1) is 11.1. The molecule has 24 heavy (non-hydrogen) atoms. The van der Waals surface area contributed by atoms with Crippen LogP contribution in [-0.4, -0.2) is 24.7 Å². The van der Waals surface area contributed by atoms with E-state index in [0.717, 1.165) is 23.4 Å². The number of aryl methyl sites for hydroxylation is 1. The number of benzene rings is 2. The predicted octanol–water partition coefficient (Wildman–Crippen LogP) is 3.34. The number of aliphatic imine (C=N–C) groups is 1. The Kier molecular flexibility index (Phi) is 8.56. The van der Waals surface area contributed by atoms with Gasteiger partial charge in [-0.1, -0.05) is 31.2 Å². The Bertz CT molecular complexity index is 660. The molecule has 2 rings (SSSR count). The first-order valence-corrected chi connectivity index (χ1v) is 7.60. The van der Waals surface area contributed by atoms with Crippen LogP contribution in [0.25, 0.3) is 0 Å². The van der Waals surface area contributed by atoms with E-state index in [4.69, 9.17) is 10.5 Å². The summed E-state index contributed by atoms with van der Waals surface area (Å²) >= 11 is 0. The lowest BCUT2D eigenvalue weighted by molar-refractivity contribution is 0.187. The molecule has 5 nitrogen and oxygen atoms in total. The number of nitrogens with two attached hydrogens (primary N) is 1. The van der Waals surface area contributed by atoms with E-state index in [-0.39, 0.29) is 36.5 Å². The van der Waals surface area contributed by atoms with Crippen molar-refractivity contribution in [1.82, 2.24) is 0 Å². The van der Waals surface area contributed by atoms with Crippen LogP contribution in [0.5, 0.6) is 5.75 Å². The second-order valence-corrected chi connectivity index (χ2v) is 5.19. The van der Waals surface area contributed by atoms with Crippen molar-refractivity contribution < 1.29 is 9.84 Å². The van der Waals surface area contributed by atoms with Gasteiger partial charge in [0.25, 0.3) is 0 Å².